The van der Waals surface area contributed by atoms with Gasteiger partial charge in [-0.1, -0.05) is 0 Å². The highest BCUT2D eigenvalue weighted by Crippen LogP contribution is 2.17. The minimum Gasteiger partial charge on any atom is -0.303 e. The van der Waals surface area contributed by atoms with Gasteiger partial charge in [-0.05, 0) is 20.8 Å². The van der Waals surface area contributed by atoms with Crippen molar-refractivity contribution in [3.05, 3.63) is 27.7 Å². The number of aromatic amines is 1. The summed E-state index contributed by atoms with van der Waals surface area (Å²) in [5.41, 5.74) is 1.11. The highest BCUT2D eigenvalue weighted by molar-refractivity contribution is 7.11. The Morgan fingerprint density at radius 3 is 2.88 bits per heavy atom. The fraction of sp³-hybridized carbons (Fsp3) is 0.500. The van der Waals surface area contributed by atoms with E-state index < -0.39 is 0 Å². The van der Waals surface area contributed by atoms with Crippen LogP contribution in [0.15, 0.2) is 6.33 Å². The summed E-state index contributed by atoms with van der Waals surface area (Å²) in [5.74, 6) is 0.860. The molecule has 16 heavy (non-hydrogen) atoms. The average Bonchev–Trinajstić information content (AvgIpc) is 2.84. The first kappa shape index (κ1) is 11.2. The van der Waals surface area contributed by atoms with Crippen LogP contribution in [0.2, 0.25) is 0 Å². The van der Waals surface area contributed by atoms with E-state index in [0.29, 0.717) is 0 Å². The molecule has 0 amide bonds. The molecule has 2 heterocycles. The molecule has 1 unspecified atom stereocenters. The van der Waals surface area contributed by atoms with Crippen LogP contribution in [0.4, 0.5) is 0 Å². The van der Waals surface area contributed by atoms with Gasteiger partial charge in [0, 0.05) is 11.4 Å². The van der Waals surface area contributed by atoms with E-state index in [-0.39, 0.29) is 6.04 Å². The third-order valence-corrected chi connectivity index (χ3v) is 3.49. The molecule has 0 bridgehead atoms. The zero-order valence-electron chi connectivity index (χ0n) is 9.61. The first-order chi connectivity index (χ1) is 7.66. The second-order valence-electron chi connectivity index (χ2n) is 3.71. The number of H-pyrrole nitrogens is 1. The zero-order chi connectivity index (χ0) is 11.5. The molecule has 0 saturated heterocycles. The van der Waals surface area contributed by atoms with Crippen molar-refractivity contribution in [2.24, 2.45) is 0 Å². The molecule has 0 aliphatic carbocycles. The van der Waals surface area contributed by atoms with Gasteiger partial charge in [-0.2, -0.15) is 5.10 Å². The van der Waals surface area contributed by atoms with Gasteiger partial charge in [0.15, 0.2) is 0 Å². The number of hydrogen-bond acceptors (Lipinski definition) is 5. The molecule has 0 aliphatic rings. The smallest absolute Gasteiger partial charge is 0.141 e. The molecule has 86 valence electrons. The largest absolute Gasteiger partial charge is 0.303 e. The maximum Gasteiger partial charge on any atom is 0.141 e. The summed E-state index contributed by atoms with van der Waals surface area (Å²) in [4.78, 5) is 9.79. The molecule has 2 aromatic rings. The van der Waals surface area contributed by atoms with Crippen molar-refractivity contribution in [3.8, 4) is 0 Å². The summed E-state index contributed by atoms with van der Waals surface area (Å²) in [6.45, 7) is 6.95. The lowest BCUT2D eigenvalue weighted by molar-refractivity contribution is 0.550. The zero-order valence-corrected chi connectivity index (χ0v) is 10.4. The van der Waals surface area contributed by atoms with Crippen LogP contribution >= 0.6 is 11.3 Å². The van der Waals surface area contributed by atoms with E-state index >= 15 is 0 Å². The number of aryl methyl sites for hydroxylation is 2. The van der Waals surface area contributed by atoms with Gasteiger partial charge < -0.3 is 5.32 Å². The van der Waals surface area contributed by atoms with Gasteiger partial charge in [-0.25, -0.2) is 9.97 Å². The first-order valence-corrected chi connectivity index (χ1v) is 6.00. The summed E-state index contributed by atoms with van der Waals surface area (Å²) < 4.78 is 0. The van der Waals surface area contributed by atoms with Gasteiger partial charge in [-0.15, -0.1) is 11.3 Å². The summed E-state index contributed by atoms with van der Waals surface area (Å²) in [7, 11) is 0. The molecule has 0 spiro atoms. The molecule has 0 aliphatic heterocycles. The van der Waals surface area contributed by atoms with Crippen LogP contribution in [0.5, 0.6) is 0 Å². The van der Waals surface area contributed by atoms with Crippen LogP contribution in [-0.4, -0.2) is 20.2 Å². The van der Waals surface area contributed by atoms with E-state index in [1.807, 2.05) is 13.8 Å². The van der Waals surface area contributed by atoms with Crippen molar-refractivity contribution in [2.45, 2.75) is 33.4 Å². The Kier molecular flexibility index (Phi) is 3.31. The van der Waals surface area contributed by atoms with Crippen LogP contribution in [0.1, 0.15) is 34.4 Å². The SMILES string of the molecule is Cc1nc(C)c(CNC(C)c2ncn[nH]2)s1. The minimum absolute atomic E-state index is 0.171. The van der Waals surface area contributed by atoms with Crippen LogP contribution in [-0.2, 0) is 6.54 Å². The third kappa shape index (κ3) is 2.45. The van der Waals surface area contributed by atoms with E-state index in [1.165, 1.54) is 11.2 Å². The van der Waals surface area contributed by atoms with Crippen molar-refractivity contribution in [3.63, 3.8) is 0 Å². The molecule has 0 saturated carbocycles. The first-order valence-electron chi connectivity index (χ1n) is 5.18. The minimum atomic E-state index is 0.171. The van der Waals surface area contributed by atoms with Crippen molar-refractivity contribution in [1.82, 2.24) is 25.5 Å². The Hall–Kier alpha value is -1.27. The Balaban J connectivity index is 1.95. The monoisotopic (exact) mass is 237 g/mol. The number of aromatic nitrogens is 4. The third-order valence-electron chi connectivity index (χ3n) is 2.41. The summed E-state index contributed by atoms with van der Waals surface area (Å²) >= 11 is 1.73. The van der Waals surface area contributed by atoms with Gasteiger partial charge in [0.05, 0.1) is 16.7 Å². The fourth-order valence-electron chi connectivity index (χ4n) is 1.50. The number of hydrogen-bond donors (Lipinski definition) is 2. The van der Waals surface area contributed by atoms with Gasteiger partial charge in [-0.3, -0.25) is 5.10 Å². The maximum absolute atomic E-state index is 4.39. The standard InChI is InChI=1S/C10H15N5S/c1-6-9(16-8(3)14-6)4-11-7(2)10-12-5-13-15-10/h5,7,11H,4H2,1-3H3,(H,12,13,15). The Bertz CT molecular complexity index is 448. The lowest BCUT2D eigenvalue weighted by atomic mass is 10.3. The van der Waals surface area contributed by atoms with Crippen molar-refractivity contribution in [2.75, 3.05) is 0 Å². The Morgan fingerprint density at radius 2 is 2.31 bits per heavy atom. The quantitative estimate of drug-likeness (QED) is 0.850. The lowest BCUT2D eigenvalue weighted by Gasteiger charge is -2.09. The number of nitrogens with one attached hydrogen (secondary N) is 2. The van der Waals surface area contributed by atoms with Crippen LogP contribution in [0, 0.1) is 13.8 Å². The van der Waals surface area contributed by atoms with Crippen LogP contribution in [0.25, 0.3) is 0 Å². The number of nitrogens with zero attached hydrogens (tertiary/aromatic N) is 3. The number of rotatable bonds is 4. The molecule has 1 atom stereocenters. The van der Waals surface area contributed by atoms with Crippen LogP contribution < -0.4 is 5.32 Å². The van der Waals surface area contributed by atoms with E-state index in [9.17, 15) is 0 Å². The second kappa shape index (κ2) is 4.71. The van der Waals surface area contributed by atoms with Gasteiger partial charge >= 0.3 is 0 Å². The summed E-state index contributed by atoms with van der Waals surface area (Å²) in [5, 5.41) is 11.2. The molecule has 0 radical (unpaired) electrons. The Morgan fingerprint density at radius 1 is 1.50 bits per heavy atom. The molecule has 0 aromatic carbocycles. The number of thiazole rings is 1. The Labute approximate surface area is 98.3 Å². The molecule has 0 fully saturated rings. The molecular formula is C10H15N5S. The van der Waals surface area contributed by atoms with E-state index in [4.69, 9.17) is 0 Å². The lowest BCUT2D eigenvalue weighted by Crippen LogP contribution is -2.19. The average molecular weight is 237 g/mol. The van der Waals surface area contributed by atoms with Gasteiger partial charge in [0.1, 0.15) is 12.2 Å². The highest BCUT2D eigenvalue weighted by atomic mass is 32.1. The topological polar surface area (TPSA) is 66.5 Å². The fourth-order valence-corrected chi connectivity index (χ4v) is 2.39. The molecule has 2 aromatic heterocycles. The predicted molar refractivity (Wildman–Crippen MR) is 63.2 cm³/mol. The van der Waals surface area contributed by atoms with Crippen molar-refractivity contribution < 1.29 is 0 Å². The molecular weight excluding hydrogens is 222 g/mol. The second-order valence-corrected chi connectivity index (χ2v) is 5.00. The van der Waals surface area contributed by atoms with Crippen molar-refractivity contribution in [1.29, 1.82) is 0 Å². The van der Waals surface area contributed by atoms with Crippen molar-refractivity contribution >= 4 is 11.3 Å². The molecule has 2 N–H and O–H groups in total. The van der Waals surface area contributed by atoms with E-state index in [1.54, 1.807) is 11.3 Å². The van der Waals surface area contributed by atoms with Crippen LogP contribution in [0.3, 0.4) is 0 Å². The molecule has 2 rings (SSSR count). The maximum atomic E-state index is 4.39. The predicted octanol–water partition coefficient (Wildman–Crippen LogP) is 1.73. The molecule has 5 nitrogen and oxygen atoms in total. The normalized spacial score (nSPS) is 12.9. The molecule has 6 heteroatoms. The van der Waals surface area contributed by atoms with E-state index in [0.717, 1.165) is 23.1 Å². The van der Waals surface area contributed by atoms with Gasteiger partial charge in [0.2, 0.25) is 0 Å². The summed E-state index contributed by atoms with van der Waals surface area (Å²) in [6, 6.07) is 0.171. The van der Waals surface area contributed by atoms with E-state index in [2.05, 4.69) is 32.4 Å². The highest BCUT2D eigenvalue weighted by Gasteiger charge is 2.10. The summed E-state index contributed by atoms with van der Waals surface area (Å²) in [6.07, 6.45) is 1.52. The van der Waals surface area contributed by atoms with Gasteiger partial charge in [0.25, 0.3) is 0 Å².